The maximum absolute atomic E-state index is 11.7. The van der Waals surface area contributed by atoms with Gasteiger partial charge < -0.3 is 4.42 Å². The molecule has 0 spiro atoms. The third kappa shape index (κ3) is 2.78. The summed E-state index contributed by atoms with van der Waals surface area (Å²) in [7, 11) is 0. The summed E-state index contributed by atoms with van der Waals surface area (Å²) in [5.41, 5.74) is 3.62. The maximum atomic E-state index is 11.7. The van der Waals surface area contributed by atoms with Gasteiger partial charge >= 0.3 is 0 Å². The van der Waals surface area contributed by atoms with Crippen molar-refractivity contribution in [3.63, 3.8) is 0 Å². The first-order valence-electron chi connectivity index (χ1n) is 5.30. The van der Waals surface area contributed by atoms with Crippen LogP contribution in [0.25, 0.3) is 0 Å². The molecule has 0 saturated carbocycles. The van der Waals surface area contributed by atoms with Crippen molar-refractivity contribution in [2.45, 2.75) is 6.92 Å². The summed E-state index contributed by atoms with van der Waals surface area (Å²) in [4.78, 5) is 11.7. The molecular weight excluding hydrogens is 252 g/mol. The lowest BCUT2D eigenvalue weighted by Crippen LogP contribution is -2.17. The predicted molar refractivity (Wildman–Crippen MR) is 70.0 cm³/mol. The molecule has 0 bridgehead atoms. The smallest absolute Gasteiger partial charge is 0.274 e. The van der Waals surface area contributed by atoms with Gasteiger partial charge in [0.15, 0.2) is 0 Å². The van der Waals surface area contributed by atoms with Crippen molar-refractivity contribution < 1.29 is 9.21 Å². The molecule has 1 amide bonds. The summed E-state index contributed by atoms with van der Waals surface area (Å²) in [6.07, 6.45) is 2.96. The average Bonchev–Trinajstić information content (AvgIpc) is 2.78. The number of halogens is 1. The molecule has 2 rings (SSSR count). The monoisotopic (exact) mass is 262 g/mol. The minimum atomic E-state index is -0.315. The summed E-state index contributed by atoms with van der Waals surface area (Å²) in [6.45, 7) is 1.71. The highest BCUT2D eigenvalue weighted by molar-refractivity contribution is 6.33. The molecule has 1 aromatic carbocycles. The number of hydrogen-bond donors (Lipinski definition) is 1. The van der Waals surface area contributed by atoms with E-state index in [1.54, 1.807) is 25.1 Å². The molecule has 1 aromatic heterocycles. The molecule has 92 valence electrons. The van der Waals surface area contributed by atoms with Crippen molar-refractivity contribution >= 4 is 23.7 Å². The number of nitrogens with one attached hydrogen (secondary N) is 1. The minimum Gasteiger partial charge on any atom is -0.469 e. The van der Waals surface area contributed by atoms with Gasteiger partial charge in [-0.3, -0.25) is 4.79 Å². The Balaban J connectivity index is 2.03. The number of furan rings is 1. The summed E-state index contributed by atoms with van der Waals surface area (Å²) in [6, 6.07) is 8.82. The fourth-order valence-electron chi connectivity index (χ4n) is 1.42. The van der Waals surface area contributed by atoms with E-state index in [2.05, 4.69) is 10.5 Å². The van der Waals surface area contributed by atoms with Crippen molar-refractivity contribution in [2.24, 2.45) is 5.10 Å². The number of carbonyl (C=O) groups excluding carboxylic acids is 1. The number of aryl methyl sites for hydroxylation is 1. The molecule has 0 aliphatic carbocycles. The summed E-state index contributed by atoms with van der Waals surface area (Å²) in [5, 5.41) is 4.43. The lowest BCUT2D eigenvalue weighted by molar-refractivity contribution is 0.0953. The van der Waals surface area contributed by atoms with Crippen molar-refractivity contribution in [1.29, 1.82) is 0 Å². The average molecular weight is 263 g/mol. The lowest BCUT2D eigenvalue weighted by Gasteiger charge is -1.98. The molecular formula is C13H11ClN2O2. The Labute approximate surface area is 109 Å². The van der Waals surface area contributed by atoms with Crippen molar-refractivity contribution in [3.8, 4) is 0 Å². The van der Waals surface area contributed by atoms with Gasteiger partial charge in [0.2, 0.25) is 0 Å². The topological polar surface area (TPSA) is 54.6 Å². The van der Waals surface area contributed by atoms with Gasteiger partial charge in [0, 0.05) is 10.6 Å². The van der Waals surface area contributed by atoms with E-state index in [1.807, 2.05) is 12.1 Å². The Kier molecular flexibility index (Phi) is 3.79. The van der Waals surface area contributed by atoms with Crippen LogP contribution in [0.4, 0.5) is 0 Å². The first-order chi connectivity index (χ1) is 8.68. The normalized spacial score (nSPS) is 10.8. The van der Waals surface area contributed by atoms with Crippen LogP contribution in [-0.4, -0.2) is 12.1 Å². The number of carbonyl (C=O) groups is 1. The third-order valence-electron chi connectivity index (χ3n) is 2.38. The van der Waals surface area contributed by atoms with Crippen LogP contribution in [0.15, 0.2) is 46.1 Å². The molecule has 1 heterocycles. The number of hydrogen-bond acceptors (Lipinski definition) is 3. The van der Waals surface area contributed by atoms with E-state index in [9.17, 15) is 4.79 Å². The molecule has 0 aliphatic heterocycles. The molecule has 1 N–H and O–H groups in total. The van der Waals surface area contributed by atoms with E-state index in [-0.39, 0.29) is 5.91 Å². The van der Waals surface area contributed by atoms with Crippen molar-refractivity contribution in [2.75, 3.05) is 0 Å². The van der Waals surface area contributed by atoms with Crippen LogP contribution in [0.5, 0.6) is 0 Å². The van der Waals surface area contributed by atoms with Crippen LogP contribution in [0.2, 0.25) is 5.02 Å². The van der Waals surface area contributed by atoms with Gasteiger partial charge in [-0.15, -0.1) is 0 Å². The number of hydrazone groups is 1. The molecule has 0 saturated heterocycles. The van der Waals surface area contributed by atoms with E-state index < -0.39 is 0 Å². The van der Waals surface area contributed by atoms with Crippen molar-refractivity contribution in [3.05, 3.63) is 58.5 Å². The van der Waals surface area contributed by atoms with E-state index in [0.717, 1.165) is 5.56 Å². The van der Waals surface area contributed by atoms with Crippen LogP contribution in [0.3, 0.4) is 0 Å². The number of benzene rings is 1. The van der Waals surface area contributed by atoms with Gasteiger partial charge in [-0.05, 0) is 19.1 Å². The zero-order chi connectivity index (χ0) is 13.0. The highest BCUT2D eigenvalue weighted by atomic mass is 35.5. The largest absolute Gasteiger partial charge is 0.469 e. The van der Waals surface area contributed by atoms with Crippen LogP contribution < -0.4 is 5.43 Å². The van der Waals surface area contributed by atoms with Crippen LogP contribution in [-0.2, 0) is 0 Å². The molecule has 18 heavy (non-hydrogen) atoms. The highest BCUT2D eigenvalue weighted by Gasteiger charge is 2.09. The van der Waals surface area contributed by atoms with Gasteiger partial charge in [-0.25, -0.2) is 5.43 Å². The van der Waals surface area contributed by atoms with Crippen LogP contribution >= 0.6 is 11.6 Å². The highest BCUT2D eigenvalue weighted by Crippen LogP contribution is 2.12. The number of amides is 1. The Morgan fingerprint density at radius 3 is 2.83 bits per heavy atom. The second kappa shape index (κ2) is 5.51. The van der Waals surface area contributed by atoms with Gasteiger partial charge in [0.1, 0.15) is 5.76 Å². The number of nitrogens with zero attached hydrogens (tertiary/aromatic N) is 1. The first kappa shape index (κ1) is 12.4. The van der Waals surface area contributed by atoms with Gasteiger partial charge in [-0.2, -0.15) is 5.10 Å². The molecule has 5 heteroatoms. The van der Waals surface area contributed by atoms with Gasteiger partial charge in [-0.1, -0.05) is 29.8 Å². The predicted octanol–water partition coefficient (Wildman–Crippen LogP) is 3.01. The summed E-state index contributed by atoms with van der Waals surface area (Å²) in [5.74, 6) is 0.241. The fraction of sp³-hybridized carbons (Fsp3) is 0.0769. The lowest BCUT2D eigenvalue weighted by atomic mass is 10.2. The molecule has 0 fully saturated rings. The third-order valence-corrected chi connectivity index (χ3v) is 2.72. The fourth-order valence-corrected chi connectivity index (χ4v) is 1.61. The van der Waals surface area contributed by atoms with Crippen LogP contribution in [0.1, 0.15) is 21.7 Å². The van der Waals surface area contributed by atoms with Crippen LogP contribution in [0, 0.1) is 6.92 Å². The number of rotatable bonds is 3. The second-order valence-electron chi connectivity index (χ2n) is 3.61. The molecule has 4 nitrogen and oxygen atoms in total. The first-order valence-corrected chi connectivity index (χ1v) is 5.68. The quantitative estimate of drug-likeness (QED) is 0.683. The molecule has 0 aliphatic rings. The van der Waals surface area contributed by atoms with Crippen molar-refractivity contribution in [1.82, 2.24) is 5.43 Å². The van der Waals surface area contributed by atoms with E-state index in [1.165, 1.54) is 12.5 Å². The Morgan fingerprint density at radius 2 is 2.17 bits per heavy atom. The minimum absolute atomic E-state index is 0.315. The maximum Gasteiger partial charge on any atom is 0.274 e. The van der Waals surface area contributed by atoms with Gasteiger partial charge in [0.25, 0.3) is 5.91 Å². The Bertz CT molecular complexity index is 590. The Hall–Kier alpha value is -2.07. The van der Waals surface area contributed by atoms with E-state index >= 15 is 0 Å². The molecule has 0 atom stereocenters. The van der Waals surface area contributed by atoms with E-state index in [4.69, 9.17) is 16.0 Å². The Morgan fingerprint density at radius 1 is 1.39 bits per heavy atom. The SMILES string of the molecule is Cc1occc1C(=O)N/N=C/c1ccccc1Cl. The second-order valence-corrected chi connectivity index (χ2v) is 4.02. The molecule has 0 radical (unpaired) electrons. The summed E-state index contributed by atoms with van der Waals surface area (Å²) >= 11 is 5.95. The molecule has 0 unspecified atom stereocenters. The summed E-state index contributed by atoms with van der Waals surface area (Å²) < 4.78 is 5.04. The van der Waals surface area contributed by atoms with E-state index in [0.29, 0.717) is 16.3 Å². The van der Waals surface area contributed by atoms with Gasteiger partial charge in [0.05, 0.1) is 18.0 Å². The zero-order valence-corrected chi connectivity index (χ0v) is 10.4. The zero-order valence-electron chi connectivity index (χ0n) is 9.68. The standard InChI is InChI=1S/C13H11ClN2O2/c1-9-11(6-7-18-9)13(17)16-15-8-10-4-2-3-5-12(10)14/h2-8H,1H3,(H,16,17)/b15-8+. The molecule has 2 aromatic rings.